The Bertz CT molecular complexity index is 739. The van der Waals surface area contributed by atoms with E-state index in [0.717, 1.165) is 12.2 Å². The molecule has 2 aromatic carbocycles. The Kier molecular flexibility index (Phi) is 12.5. The standard InChI is InChI=1S/C28H40O3/c1-3-4-5-6-7-8-9-10-11-13-16-25-19-20-26(23-24(25)2)28(29)31-22-21-30-27-17-14-12-15-18-27/h12,14-15,17-20,23H,3-11,13,16,21-22H2,1-2H3. The lowest BCUT2D eigenvalue weighted by Gasteiger charge is -2.10. The molecule has 0 aromatic heterocycles. The van der Waals surface area contributed by atoms with E-state index in [1.165, 1.54) is 75.3 Å². The number of rotatable bonds is 16. The minimum Gasteiger partial charge on any atom is -0.490 e. The summed E-state index contributed by atoms with van der Waals surface area (Å²) in [4.78, 5) is 12.3. The molecule has 0 N–H and O–H groups in total. The Hall–Kier alpha value is -2.29. The molecule has 0 saturated carbocycles. The number of carbonyl (C=O) groups excluding carboxylic acids is 1. The third-order valence-electron chi connectivity index (χ3n) is 5.71. The van der Waals surface area contributed by atoms with Crippen molar-refractivity contribution in [2.45, 2.75) is 84.5 Å². The minimum absolute atomic E-state index is 0.243. The maximum atomic E-state index is 12.3. The third-order valence-corrected chi connectivity index (χ3v) is 5.71. The average molecular weight is 425 g/mol. The van der Waals surface area contributed by atoms with Gasteiger partial charge in [0.05, 0.1) is 5.56 Å². The zero-order valence-electron chi connectivity index (χ0n) is 19.5. The van der Waals surface area contributed by atoms with Crippen LogP contribution in [0.15, 0.2) is 48.5 Å². The Morgan fingerprint density at radius 1 is 0.774 bits per heavy atom. The Morgan fingerprint density at radius 3 is 2.06 bits per heavy atom. The van der Waals surface area contributed by atoms with Gasteiger partial charge in [-0.15, -0.1) is 0 Å². The van der Waals surface area contributed by atoms with E-state index < -0.39 is 0 Å². The van der Waals surface area contributed by atoms with E-state index in [0.29, 0.717) is 12.2 Å². The fourth-order valence-corrected chi connectivity index (χ4v) is 3.80. The number of carbonyl (C=O) groups is 1. The van der Waals surface area contributed by atoms with Crippen molar-refractivity contribution in [3.05, 3.63) is 65.2 Å². The van der Waals surface area contributed by atoms with E-state index in [4.69, 9.17) is 9.47 Å². The molecule has 0 amide bonds. The van der Waals surface area contributed by atoms with Crippen molar-refractivity contribution < 1.29 is 14.3 Å². The van der Waals surface area contributed by atoms with Crippen LogP contribution in [0.5, 0.6) is 5.75 Å². The van der Waals surface area contributed by atoms with Gasteiger partial charge in [0.25, 0.3) is 0 Å². The molecule has 0 aliphatic carbocycles. The van der Waals surface area contributed by atoms with E-state index in [2.05, 4.69) is 19.9 Å². The summed E-state index contributed by atoms with van der Waals surface area (Å²) in [5.41, 5.74) is 3.12. The fraction of sp³-hybridized carbons (Fsp3) is 0.536. The van der Waals surface area contributed by atoms with Gasteiger partial charge in [-0.3, -0.25) is 0 Å². The molecule has 0 heterocycles. The van der Waals surface area contributed by atoms with E-state index in [1.54, 1.807) is 0 Å². The van der Waals surface area contributed by atoms with Crippen LogP contribution in [0.3, 0.4) is 0 Å². The van der Waals surface area contributed by atoms with Gasteiger partial charge in [0.15, 0.2) is 0 Å². The van der Waals surface area contributed by atoms with Gasteiger partial charge in [0.2, 0.25) is 0 Å². The minimum atomic E-state index is -0.287. The number of para-hydroxylation sites is 1. The first-order chi connectivity index (χ1) is 15.2. The number of ether oxygens (including phenoxy) is 2. The lowest BCUT2D eigenvalue weighted by Crippen LogP contribution is -2.12. The second-order valence-electron chi connectivity index (χ2n) is 8.37. The molecule has 0 radical (unpaired) electrons. The molecule has 0 fully saturated rings. The van der Waals surface area contributed by atoms with Crippen LogP contribution in [-0.2, 0) is 11.2 Å². The van der Waals surface area contributed by atoms with Crippen molar-refractivity contribution in [1.82, 2.24) is 0 Å². The highest BCUT2D eigenvalue weighted by Crippen LogP contribution is 2.17. The predicted molar refractivity (Wildman–Crippen MR) is 129 cm³/mol. The first kappa shape index (κ1) is 25.0. The molecule has 0 spiro atoms. The van der Waals surface area contributed by atoms with E-state index >= 15 is 0 Å². The molecule has 0 aliphatic rings. The molecule has 0 aliphatic heterocycles. The smallest absolute Gasteiger partial charge is 0.338 e. The molecular formula is C28H40O3. The van der Waals surface area contributed by atoms with Crippen molar-refractivity contribution in [1.29, 1.82) is 0 Å². The molecule has 2 rings (SSSR count). The highest BCUT2D eigenvalue weighted by Gasteiger charge is 2.09. The van der Waals surface area contributed by atoms with Crippen LogP contribution in [0.4, 0.5) is 0 Å². The summed E-state index contributed by atoms with van der Waals surface area (Å²) in [6, 6.07) is 15.5. The summed E-state index contributed by atoms with van der Waals surface area (Å²) < 4.78 is 10.9. The lowest BCUT2D eigenvalue weighted by molar-refractivity contribution is 0.0450. The summed E-state index contributed by atoms with van der Waals surface area (Å²) >= 11 is 0. The van der Waals surface area contributed by atoms with Crippen LogP contribution in [0.2, 0.25) is 0 Å². The maximum absolute atomic E-state index is 12.3. The summed E-state index contributed by atoms with van der Waals surface area (Å²) in [6.07, 6.45) is 14.6. The van der Waals surface area contributed by atoms with Gasteiger partial charge in [-0.2, -0.15) is 0 Å². The average Bonchev–Trinajstić information content (AvgIpc) is 2.79. The number of benzene rings is 2. The highest BCUT2D eigenvalue weighted by molar-refractivity contribution is 5.89. The second-order valence-corrected chi connectivity index (χ2v) is 8.37. The van der Waals surface area contributed by atoms with Crippen LogP contribution in [0.25, 0.3) is 0 Å². The van der Waals surface area contributed by atoms with Gasteiger partial charge >= 0.3 is 5.97 Å². The van der Waals surface area contributed by atoms with Gasteiger partial charge in [0.1, 0.15) is 19.0 Å². The van der Waals surface area contributed by atoms with Crippen molar-refractivity contribution in [3.63, 3.8) is 0 Å². The Morgan fingerprint density at radius 2 is 1.42 bits per heavy atom. The van der Waals surface area contributed by atoms with Crippen LogP contribution in [-0.4, -0.2) is 19.2 Å². The third kappa shape index (κ3) is 10.5. The molecule has 3 heteroatoms. The largest absolute Gasteiger partial charge is 0.490 e. The van der Waals surface area contributed by atoms with E-state index in [-0.39, 0.29) is 12.6 Å². The normalized spacial score (nSPS) is 10.8. The monoisotopic (exact) mass is 424 g/mol. The van der Waals surface area contributed by atoms with Gasteiger partial charge in [0, 0.05) is 0 Å². The number of esters is 1. The predicted octanol–water partition coefficient (Wildman–Crippen LogP) is 7.69. The zero-order chi connectivity index (χ0) is 22.2. The molecule has 3 nitrogen and oxygen atoms in total. The second kappa shape index (κ2) is 15.5. The summed E-state index contributed by atoms with van der Waals surface area (Å²) in [5, 5.41) is 0. The van der Waals surface area contributed by atoms with Gasteiger partial charge in [-0.1, -0.05) is 89.0 Å². The molecule has 170 valence electrons. The molecule has 0 saturated heterocycles. The lowest BCUT2D eigenvalue weighted by atomic mass is 9.99. The first-order valence-corrected chi connectivity index (χ1v) is 12.1. The van der Waals surface area contributed by atoms with E-state index in [9.17, 15) is 4.79 Å². The van der Waals surface area contributed by atoms with Crippen LogP contribution < -0.4 is 4.74 Å². The maximum Gasteiger partial charge on any atom is 0.338 e. The molecule has 0 atom stereocenters. The zero-order valence-corrected chi connectivity index (χ0v) is 19.5. The molecule has 2 aromatic rings. The topological polar surface area (TPSA) is 35.5 Å². The fourth-order valence-electron chi connectivity index (χ4n) is 3.80. The Labute approximate surface area is 189 Å². The van der Waals surface area contributed by atoms with Crippen LogP contribution in [0, 0.1) is 6.92 Å². The van der Waals surface area contributed by atoms with Gasteiger partial charge < -0.3 is 9.47 Å². The van der Waals surface area contributed by atoms with Gasteiger partial charge in [-0.05, 0) is 55.2 Å². The molecule has 0 bridgehead atoms. The van der Waals surface area contributed by atoms with Gasteiger partial charge in [-0.25, -0.2) is 4.79 Å². The molecule has 31 heavy (non-hydrogen) atoms. The van der Waals surface area contributed by atoms with Crippen molar-refractivity contribution in [2.75, 3.05) is 13.2 Å². The summed E-state index contributed by atoms with van der Waals surface area (Å²) in [6.45, 7) is 4.95. The van der Waals surface area contributed by atoms with E-state index in [1.807, 2.05) is 42.5 Å². The van der Waals surface area contributed by atoms with Crippen molar-refractivity contribution >= 4 is 5.97 Å². The number of unbranched alkanes of at least 4 members (excludes halogenated alkanes) is 9. The van der Waals surface area contributed by atoms with Crippen LogP contribution in [0.1, 0.15) is 92.6 Å². The molecular weight excluding hydrogens is 384 g/mol. The molecule has 0 unspecified atom stereocenters. The SMILES string of the molecule is CCCCCCCCCCCCc1ccc(C(=O)OCCOc2ccccc2)cc1C. The van der Waals surface area contributed by atoms with Crippen LogP contribution >= 0.6 is 0 Å². The highest BCUT2D eigenvalue weighted by atomic mass is 16.6. The van der Waals surface area contributed by atoms with Crippen molar-refractivity contribution in [2.24, 2.45) is 0 Å². The quantitative estimate of drug-likeness (QED) is 0.205. The Balaban J connectivity index is 1.59. The number of aryl methyl sites for hydroxylation is 2. The summed E-state index contributed by atoms with van der Waals surface area (Å²) in [5.74, 6) is 0.496. The number of hydrogen-bond donors (Lipinski definition) is 0. The first-order valence-electron chi connectivity index (χ1n) is 12.1. The van der Waals surface area contributed by atoms with Crippen molar-refractivity contribution in [3.8, 4) is 5.75 Å². The number of hydrogen-bond acceptors (Lipinski definition) is 3. The summed E-state index contributed by atoms with van der Waals surface area (Å²) in [7, 11) is 0.